The topological polar surface area (TPSA) is 98.5 Å². The van der Waals surface area contributed by atoms with Crippen LogP contribution in [0.2, 0.25) is 0 Å². The lowest BCUT2D eigenvalue weighted by molar-refractivity contribution is 0.0950. The summed E-state index contributed by atoms with van der Waals surface area (Å²) in [6.45, 7) is 1.13. The molecule has 0 spiro atoms. The smallest absolute Gasteiger partial charge is 0.252 e. The summed E-state index contributed by atoms with van der Waals surface area (Å²) >= 11 is 3.22. The normalized spacial score (nSPS) is 11.3. The Morgan fingerprint density at radius 1 is 1.40 bits per heavy atom. The second-order valence-electron chi connectivity index (χ2n) is 4.14. The van der Waals surface area contributed by atoms with Crippen molar-refractivity contribution < 1.29 is 17.9 Å². The number of benzene rings is 1. The van der Waals surface area contributed by atoms with Gasteiger partial charge in [0.1, 0.15) is 0 Å². The molecule has 0 fully saturated rings. The summed E-state index contributed by atoms with van der Waals surface area (Å²) in [7, 11) is -2.21. The summed E-state index contributed by atoms with van der Waals surface area (Å²) in [5.41, 5.74) is 0.239. The number of ether oxygens (including phenoxy) is 1. The Hall–Kier alpha value is -0.960. The van der Waals surface area contributed by atoms with E-state index in [-0.39, 0.29) is 16.4 Å². The average molecular weight is 365 g/mol. The van der Waals surface area contributed by atoms with E-state index in [9.17, 15) is 13.2 Å². The van der Waals surface area contributed by atoms with Gasteiger partial charge in [0, 0.05) is 24.7 Å². The zero-order valence-corrected chi connectivity index (χ0v) is 13.5. The largest absolute Gasteiger partial charge is 0.385 e. The minimum Gasteiger partial charge on any atom is -0.385 e. The van der Waals surface area contributed by atoms with Gasteiger partial charge in [0.05, 0.1) is 10.5 Å². The van der Waals surface area contributed by atoms with Crippen LogP contribution < -0.4 is 10.5 Å². The molecule has 0 aliphatic heterocycles. The number of nitrogens with one attached hydrogen (secondary N) is 1. The Labute approximate surface area is 126 Å². The highest BCUT2D eigenvalue weighted by Gasteiger charge is 2.15. The second kappa shape index (κ2) is 7.72. The van der Waals surface area contributed by atoms with E-state index in [4.69, 9.17) is 9.88 Å². The zero-order chi connectivity index (χ0) is 15.2. The molecule has 8 heteroatoms. The molecule has 0 saturated carbocycles. The molecule has 1 rings (SSSR count). The molecule has 1 aromatic carbocycles. The SMILES string of the molecule is COCCCCNC(=O)c1cc(S(N)(=O)=O)ccc1Br. The van der Waals surface area contributed by atoms with Crippen LogP contribution in [-0.2, 0) is 14.8 Å². The van der Waals surface area contributed by atoms with E-state index in [0.717, 1.165) is 12.8 Å². The molecule has 6 nitrogen and oxygen atoms in total. The molecule has 1 amide bonds. The fraction of sp³-hybridized carbons (Fsp3) is 0.417. The number of hydrogen-bond acceptors (Lipinski definition) is 4. The molecule has 0 aliphatic rings. The van der Waals surface area contributed by atoms with Crippen molar-refractivity contribution >= 4 is 31.9 Å². The second-order valence-corrected chi connectivity index (χ2v) is 6.56. The lowest BCUT2D eigenvalue weighted by Crippen LogP contribution is -2.25. The lowest BCUT2D eigenvalue weighted by atomic mass is 10.2. The number of carbonyl (C=O) groups excluding carboxylic acids is 1. The number of sulfonamides is 1. The van der Waals surface area contributed by atoms with Gasteiger partial charge >= 0.3 is 0 Å². The summed E-state index contributed by atoms with van der Waals surface area (Å²) in [6.07, 6.45) is 1.63. The number of unbranched alkanes of at least 4 members (excludes halogenated alkanes) is 1. The molecule has 1 aromatic rings. The van der Waals surface area contributed by atoms with Crippen molar-refractivity contribution in [3.8, 4) is 0 Å². The van der Waals surface area contributed by atoms with Crippen LogP contribution in [0, 0.1) is 0 Å². The van der Waals surface area contributed by atoms with Crippen LogP contribution in [0.5, 0.6) is 0 Å². The van der Waals surface area contributed by atoms with E-state index in [2.05, 4.69) is 21.2 Å². The molecule has 0 bridgehead atoms. The van der Waals surface area contributed by atoms with Gasteiger partial charge in [-0.3, -0.25) is 4.79 Å². The minimum atomic E-state index is -3.83. The summed E-state index contributed by atoms with van der Waals surface area (Å²) < 4.78 is 28.0. The molecule has 112 valence electrons. The molecule has 0 unspecified atom stereocenters. The van der Waals surface area contributed by atoms with Gasteiger partial charge in [-0.1, -0.05) is 0 Å². The summed E-state index contributed by atoms with van der Waals surface area (Å²) in [5, 5.41) is 7.76. The van der Waals surface area contributed by atoms with Crippen molar-refractivity contribution in [3.05, 3.63) is 28.2 Å². The first-order valence-electron chi connectivity index (χ1n) is 5.95. The number of carbonyl (C=O) groups is 1. The van der Waals surface area contributed by atoms with Gasteiger partial charge in [0.25, 0.3) is 5.91 Å². The first-order valence-corrected chi connectivity index (χ1v) is 8.29. The summed E-state index contributed by atoms with van der Waals surface area (Å²) in [4.78, 5) is 11.9. The number of methoxy groups -OCH3 is 1. The third-order valence-corrected chi connectivity index (χ3v) is 4.17. The Bertz CT molecular complexity index is 575. The number of hydrogen-bond donors (Lipinski definition) is 2. The van der Waals surface area contributed by atoms with Crippen molar-refractivity contribution in [2.24, 2.45) is 5.14 Å². The van der Waals surface area contributed by atoms with E-state index < -0.39 is 10.0 Å². The maximum Gasteiger partial charge on any atom is 0.252 e. The lowest BCUT2D eigenvalue weighted by Gasteiger charge is -2.08. The monoisotopic (exact) mass is 364 g/mol. The number of amides is 1. The van der Waals surface area contributed by atoms with Crippen molar-refractivity contribution in [1.29, 1.82) is 0 Å². The third kappa shape index (κ3) is 5.20. The number of halogens is 1. The summed E-state index contributed by atoms with van der Waals surface area (Å²) in [5.74, 6) is -0.347. The van der Waals surface area contributed by atoms with E-state index in [1.807, 2.05) is 0 Å². The fourth-order valence-corrected chi connectivity index (χ4v) is 2.49. The van der Waals surface area contributed by atoms with Crippen molar-refractivity contribution in [2.45, 2.75) is 17.7 Å². The van der Waals surface area contributed by atoms with Crippen LogP contribution in [0.4, 0.5) is 0 Å². The quantitative estimate of drug-likeness (QED) is 0.711. The molecule has 0 aliphatic carbocycles. The highest BCUT2D eigenvalue weighted by atomic mass is 79.9. The van der Waals surface area contributed by atoms with Gasteiger partial charge in [0.15, 0.2) is 0 Å². The maximum atomic E-state index is 12.0. The molecule has 20 heavy (non-hydrogen) atoms. The van der Waals surface area contributed by atoms with Crippen molar-refractivity contribution in [2.75, 3.05) is 20.3 Å². The van der Waals surface area contributed by atoms with Gasteiger partial charge in [0.2, 0.25) is 10.0 Å². The average Bonchev–Trinajstić information content (AvgIpc) is 2.37. The fourth-order valence-electron chi connectivity index (χ4n) is 1.52. The highest BCUT2D eigenvalue weighted by molar-refractivity contribution is 9.10. The van der Waals surface area contributed by atoms with Crippen LogP contribution in [0.1, 0.15) is 23.2 Å². The molecular weight excluding hydrogens is 348 g/mol. The third-order valence-electron chi connectivity index (χ3n) is 2.57. The Morgan fingerprint density at radius 2 is 2.10 bits per heavy atom. The highest BCUT2D eigenvalue weighted by Crippen LogP contribution is 2.20. The number of rotatable bonds is 7. The van der Waals surface area contributed by atoms with Crippen LogP contribution >= 0.6 is 15.9 Å². The zero-order valence-electron chi connectivity index (χ0n) is 11.1. The molecular formula is C12H17BrN2O4S. The van der Waals surface area contributed by atoms with Crippen LogP contribution in [0.25, 0.3) is 0 Å². The van der Waals surface area contributed by atoms with Crippen LogP contribution in [0.15, 0.2) is 27.6 Å². The molecule has 0 atom stereocenters. The first kappa shape index (κ1) is 17.1. The van der Waals surface area contributed by atoms with Gasteiger partial charge in [-0.25, -0.2) is 13.6 Å². The predicted molar refractivity (Wildman–Crippen MR) is 79.0 cm³/mol. The molecule has 0 heterocycles. The van der Waals surface area contributed by atoms with Crippen LogP contribution in [-0.4, -0.2) is 34.6 Å². The number of nitrogens with two attached hydrogens (primary N) is 1. The Balaban J connectivity index is 2.72. The Morgan fingerprint density at radius 3 is 2.70 bits per heavy atom. The van der Waals surface area contributed by atoms with E-state index in [1.54, 1.807) is 7.11 Å². The van der Waals surface area contributed by atoms with Crippen molar-refractivity contribution in [1.82, 2.24) is 5.32 Å². The van der Waals surface area contributed by atoms with Crippen molar-refractivity contribution in [3.63, 3.8) is 0 Å². The first-order chi connectivity index (χ1) is 9.36. The van der Waals surface area contributed by atoms with E-state index >= 15 is 0 Å². The van der Waals surface area contributed by atoms with Gasteiger partial charge in [-0.15, -0.1) is 0 Å². The van der Waals surface area contributed by atoms with Gasteiger partial charge in [-0.2, -0.15) is 0 Å². The van der Waals surface area contributed by atoms with Crippen LogP contribution in [0.3, 0.4) is 0 Å². The van der Waals surface area contributed by atoms with E-state index in [1.165, 1.54) is 18.2 Å². The Kier molecular flexibility index (Phi) is 6.60. The van der Waals surface area contributed by atoms with Gasteiger partial charge < -0.3 is 10.1 Å². The predicted octanol–water partition coefficient (Wildman–Crippen LogP) is 1.25. The molecule has 0 aromatic heterocycles. The minimum absolute atomic E-state index is 0.0924. The van der Waals surface area contributed by atoms with Gasteiger partial charge in [-0.05, 0) is 47.0 Å². The molecule has 0 radical (unpaired) electrons. The number of primary sulfonamides is 1. The molecule has 3 N–H and O–H groups in total. The molecule has 0 saturated heterocycles. The van der Waals surface area contributed by atoms with E-state index in [0.29, 0.717) is 17.6 Å². The maximum absolute atomic E-state index is 12.0. The summed E-state index contributed by atoms with van der Waals surface area (Å²) in [6, 6.07) is 4.08. The standard InChI is InChI=1S/C12H17BrN2O4S/c1-19-7-3-2-6-15-12(16)10-8-9(20(14,17)18)4-5-11(10)13/h4-5,8H,2-3,6-7H2,1H3,(H,15,16)(H2,14,17,18).